The van der Waals surface area contributed by atoms with E-state index >= 15 is 0 Å². The molecule has 0 aliphatic carbocycles. The molecular formula is C15H22FNO2. The zero-order chi connectivity index (χ0) is 14.4. The summed E-state index contributed by atoms with van der Waals surface area (Å²) in [6, 6.07) is 6.82. The van der Waals surface area contributed by atoms with Gasteiger partial charge in [-0.2, -0.15) is 0 Å². The molecule has 4 heteroatoms. The van der Waals surface area contributed by atoms with Crippen LogP contribution in [0.1, 0.15) is 45.2 Å². The third-order valence-corrected chi connectivity index (χ3v) is 3.27. The van der Waals surface area contributed by atoms with Gasteiger partial charge < -0.3 is 5.11 Å². The topological polar surface area (TPSA) is 40.5 Å². The molecule has 3 nitrogen and oxygen atoms in total. The van der Waals surface area contributed by atoms with Gasteiger partial charge in [-0.3, -0.25) is 9.69 Å². The lowest BCUT2D eigenvalue weighted by Crippen LogP contribution is -2.36. The van der Waals surface area contributed by atoms with Crippen LogP contribution < -0.4 is 0 Å². The Morgan fingerprint density at radius 2 is 2.11 bits per heavy atom. The number of carbonyl (C=O) groups is 1. The molecule has 1 atom stereocenters. The van der Waals surface area contributed by atoms with E-state index in [1.807, 2.05) is 26.8 Å². The Labute approximate surface area is 114 Å². The summed E-state index contributed by atoms with van der Waals surface area (Å²) in [5.41, 5.74) is 0.904. The summed E-state index contributed by atoms with van der Waals surface area (Å²) in [5, 5.41) is 8.83. The molecule has 19 heavy (non-hydrogen) atoms. The van der Waals surface area contributed by atoms with Crippen molar-refractivity contribution in [2.24, 2.45) is 0 Å². The number of hydrogen-bond acceptors (Lipinski definition) is 2. The monoisotopic (exact) mass is 267 g/mol. The van der Waals surface area contributed by atoms with Gasteiger partial charge in [0.2, 0.25) is 0 Å². The number of carboxylic acids is 1. The van der Waals surface area contributed by atoms with Crippen molar-refractivity contribution < 1.29 is 14.3 Å². The molecule has 0 aliphatic heterocycles. The molecule has 1 aromatic carbocycles. The standard InChI is InChI=1S/C15H22FNO2/c1-4-14(12-6-5-7-13(16)10-12)17(11(2)3)9-8-15(18)19/h5-7,10-11,14H,4,8-9H2,1-3H3,(H,18,19). The van der Waals surface area contributed by atoms with Crippen LogP contribution in [0, 0.1) is 5.82 Å². The molecule has 0 fully saturated rings. The van der Waals surface area contributed by atoms with Gasteiger partial charge in [-0.1, -0.05) is 19.1 Å². The lowest BCUT2D eigenvalue weighted by atomic mass is 10.0. The maximum atomic E-state index is 13.3. The molecule has 0 aliphatic rings. The van der Waals surface area contributed by atoms with Gasteiger partial charge in [-0.15, -0.1) is 0 Å². The van der Waals surface area contributed by atoms with Crippen LogP contribution in [0.5, 0.6) is 0 Å². The molecule has 1 aromatic rings. The Balaban J connectivity index is 2.92. The van der Waals surface area contributed by atoms with Gasteiger partial charge in [0.25, 0.3) is 0 Å². The molecule has 106 valence electrons. The van der Waals surface area contributed by atoms with Crippen molar-refractivity contribution in [1.29, 1.82) is 0 Å². The van der Waals surface area contributed by atoms with Crippen LogP contribution in [-0.4, -0.2) is 28.6 Å². The highest BCUT2D eigenvalue weighted by molar-refractivity contribution is 5.66. The minimum atomic E-state index is -0.806. The summed E-state index contributed by atoms with van der Waals surface area (Å²) in [4.78, 5) is 12.9. The van der Waals surface area contributed by atoms with E-state index in [4.69, 9.17) is 5.11 Å². The van der Waals surface area contributed by atoms with Crippen molar-refractivity contribution in [3.63, 3.8) is 0 Å². The van der Waals surface area contributed by atoms with Crippen molar-refractivity contribution in [3.05, 3.63) is 35.6 Å². The van der Waals surface area contributed by atoms with Gasteiger partial charge in [-0.05, 0) is 38.0 Å². The number of nitrogens with zero attached hydrogens (tertiary/aromatic N) is 1. The SMILES string of the molecule is CCC(c1cccc(F)c1)N(CCC(=O)O)C(C)C. The van der Waals surface area contributed by atoms with E-state index in [0.29, 0.717) is 6.54 Å². The van der Waals surface area contributed by atoms with Gasteiger partial charge >= 0.3 is 5.97 Å². The fourth-order valence-corrected chi connectivity index (χ4v) is 2.37. The molecule has 0 aromatic heterocycles. The van der Waals surface area contributed by atoms with E-state index in [2.05, 4.69) is 4.90 Å². The second-order valence-electron chi connectivity index (χ2n) is 4.95. The Morgan fingerprint density at radius 1 is 1.42 bits per heavy atom. The summed E-state index contributed by atoms with van der Waals surface area (Å²) < 4.78 is 13.3. The summed E-state index contributed by atoms with van der Waals surface area (Å²) >= 11 is 0. The van der Waals surface area contributed by atoms with Crippen LogP contribution in [0.2, 0.25) is 0 Å². The Bertz CT molecular complexity index is 420. The first-order valence-electron chi connectivity index (χ1n) is 6.68. The molecule has 1 N–H and O–H groups in total. The summed E-state index contributed by atoms with van der Waals surface area (Å²) in [5.74, 6) is -1.06. The fraction of sp³-hybridized carbons (Fsp3) is 0.533. The largest absolute Gasteiger partial charge is 0.481 e. The van der Waals surface area contributed by atoms with Crippen molar-refractivity contribution in [3.8, 4) is 0 Å². The number of benzene rings is 1. The first kappa shape index (κ1) is 15.6. The number of hydrogen-bond donors (Lipinski definition) is 1. The average molecular weight is 267 g/mol. The third-order valence-electron chi connectivity index (χ3n) is 3.27. The van der Waals surface area contributed by atoms with Gasteiger partial charge in [-0.25, -0.2) is 4.39 Å². The molecule has 1 rings (SSSR count). The molecular weight excluding hydrogens is 245 g/mol. The zero-order valence-electron chi connectivity index (χ0n) is 11.8. The smallest absolute Gasteiger partial charge is 0.304 e. The average Bonchev–Trinajstić information content (AvgIpc) is 2.33. The fourth-order valence-electron chi connectivity index (χ4n) is 2.37. The lowest BCUT2D eigenvalue weighted by molar-refractivity contribution is -0.137. The third kappa shape index (κ3) is 4.63. The molecule has 0 heterocycles. The van der Waals surface area contributed by atoms with Crippen LogP contribution in [0.15, 0.2) is 24.3 Å². The number of aliphatic carboxylic acids is 1. The number of rotatable bonds is 7. The maximum absolute atomic E-state index is 13.3. The molecule has 0 amide bonds. The number of carboxylic acid groups (broad SMARTS) is 1. The molecule has 0 spiro atoms. The van der Waals surface area contributed by atoms with E-state index in [9.17, 15) is 9.18 Å². The molecule has 0 bridgehead atoms. The Hall–Kier alpha value is -1.42. The van der Waals surface area contributed by atoms with Crippen LogP contribution in [-0.2, 0) is 4.79 Å². The van der Waals surface area contributed by atoms with Crippen LogP contribution >= 0.6 is 0 Å². The second kappa shape index (κ2) is 7.24. The predicted octanol–water partition coefficient (Wildman–Crippen LogP) is 3.46. The Morgan fingerprint density at radius 3 is 2.58 bits per heavy atom. The normalized spacial score (nSPS) is 12.9. The molecule has 0 saturated carbocycles. The highest BCUT2D eigenvalue weighted by atomic mass is 19.1. The summed E-state index contributed by atoms with van der Waals surface area (Å²) in [6.45, 7) is 6.57. The molecule has 0 saturated heterocycles. The number of halogens is 1. The summed E-state index contributed by atoms with van der Waals surface area (Å²) in [7, 11) is 0. The second-order valence-corrected chi connectivity index (χ2v) is 4.95. The predicted molar refractivity (Wildman–Crippen MR) is 73.5 cm³/mol. The van der Waals surface area contributed by atoms with Crippen molar-refractivity contribution >= 4 is 5.97 Å². The van der Waals surface area contributed by atoms with E-state index in [1.54, 1.807) is 6.07 Å². The minimum absolute atomic E-state index is 0.0510. The first-order chi connectivity index (χ1) is 8.95. The van der Waals surface area contributed by atoms with Gasteiger partial charge in [0.15, 0.2) is 0 Å². The van der Waals surface area contributed by atoms with Crippen LogP contribution in [0.4, 0.5) is 4.39 Å². The minimum Gasteiger partial charge on any atom is -0.481 e. The van der Waals surface area contributed by atoms with Crippen molar-refractivity contribution in [1.82, 2.24) is 4.90 Å². The van der Waals surface area contributed by atoms with Crippen molar-refractivity contribution in [2.45, 2.75) is 45.7 Å². The van der Waals surface area contributed by atoms with Crippen molar-refractivity contribution in [2.75, 3.05) is 6.54 Å². The van der Waals surface area contributed by atoms with Gasteiger partial charge in [0.1, 0.15) is 5.82 Å². The van der Waals surface area contributed by atoms with Gasteiger partial charge in [0.05, 0.1) is 6.42 Å². The molecule has 1 unspecified atom stereocenters. The highest BCUT2D eigenvalue weighted by Crippen LogP contribution is 2.26. The van der Waals surface area contributed by atoms with E-state index in [-0.39, 0.29) is 24.3 Å². The van der Waals surface area contributed by atoms with Gasteiger partial charge in [0, 0.05) is 18.6 Å². The Kier molecular flexibility index (Phi) is 5.96. The molecule has 0 radical (unpaired) electrons. The van der Waals surface area contributed by atoms with E-state index in [1.165, 1.54) is 12.1 Å². The first-order valence-corrected chi connectivity index (χ1v) is 6.68. The summed E-state index contributed by atoms with van der Waals surface area (Å²) in [6.07, 6.45) is 0.922. The maximum Gasteiger partial charge on any atom is 0.304 e. The quantitative estimate of drug-likeness (QED) is 0.822. The van der Waals surface area contributed by atoms with Crippen LogP contribution in [0.3, 0.4) is 0 Å². The van der Waals surface area contributed by atoms with Crippen LogP contribution in [0.25, 0.3) is 0 Å². The lowest BCUT2D eigenvalue weighted by Gasteiger charge is -2.34. The highest BCUT2D eigenvalue weighted by Gasteiger charge is 2.22. The zero-order valence-corrected chi connectivity index (χ0v) is 11.8. The van der Waals surface area contributed by atoms with E-state index < -0.39 is 5.97 Å². The van der Waals surface area contributed by atoms with E-state index in [0.717, 1.165) is 12.0 Å².